The van der Waals surface area contributed by atoms with Crippen LogP contribution in [-0.2, 0) is 0 Å². The number of rotatable bonds is 3. The van der Waals surface area contributed by atoms with Gasteiger partial charge in [-0.05, 0) is 47.1 Å². The van der Waals surface area contributed by atoms with Gasteiger partial charge in [-0.2, -0.15) is 0 Å². The van der Waals surface area contributed by atoms with Gasteiger partial charge in [0, 0.05) is 21.1 Å². The number of hydrogen-bond donors (Lipinski definition) is 1. The molecule has 2 aromatic rings. The van der Waals surface area contributed by atoms with Crippen molar-refractivity contribution >= 4 is 33.4 Å². The number of amides is 1. The van der Waals surface area contributed by atoms with Crippen molar-refractivity contribution in [1.29, 1.82) is 0 Å². The highest BCUT2D eigenvalue weighted by Gasteiger charge is 2.17. The van der Waals surface area contributed by atoms with E-state index in [2.05, 4.69) is 21.2 Å². The van der Waals surface area contributed by atoms with Gasteiger partial charge in [0.1, 0.15) is 11.6 Å². The molecule has 21 heavy (non-hydrogen) atoms. The van der Waals surface area contributed by atoms with Crippen molar-refractivity contribution in [2.75, 3.05) is 0 Å². The summed E-state index contributed by atoms with van der Waals surface area (Å²) in [5.74, 6) is -1.73. The summed E-state index contributed by atoms with van der Waals surface area (Å²) in [5.41, 5.74) is 0.601. The minimum absolute atomic E-state index is 0.217. The van der Waals surface area contributed by atoms with Crippen LogP contribution in [0.25, 0.3) is 0 Å². The van der Waals surface area contributed by atoms with Crippen molar-refractivity contribution in [3.05, 3.63) is 68.7 Å². The first kappa shape index (κ1) is 15.9. The second kappa shape index (κ2) is 6.54. The van der Waals surface area contributed by atoms with E-state index in [-0.39, 0.29) is 11.5 Å². The van der Waals surface area contributed by atoms with Crippen LogP contribution in [0.1, 0.15) is 28.9 Å². The van der Waals surface area contributed by atoms with E-state index in [4.69, 9.17) is 11.6 Å². The number of halogens is 4. The topological polar surface area (TPSA) is 29.1 Å². The molecule has 1 unspecified atom stereocenters. The maximum Gasteiger partial charge on any atom is 0.252 e. The molecule has 1 N–H and O–H groups in total. The number of carbonyl (C=O) groups excluding carboxylic acids is 1. The van der Waals surface area contributed by atoms with Crippen LogP contribution in [0.2, 0.25) is 5.02 Å². The summed E-state index contributed by atoms with van der Waals surface area (Å²) in [6.45, 7) is 1.62. The van der Waals surface area contributed by atoms with Crippen molar-refractivity contribution in [3.8, 4) is 0 Å². The monoisotopic (exact) mass is 373 g/mol. The third-order valence-electron chi connectivity index (χ3n) is 2.95. The second-order valence-corrected chi connectivity index (χ2v) is 5.78. The lowest BCUT2D eigenvalue weighted by molar-refractivity contribution is 0.0938. The highest BCUT2D eigenvalue weighted by molar-refractivity contribution is 9.10. The third-order valence-corrected chi connectivity index (χ3v) is 3.84. The van der Waals surface area contributed by atoms with Gasteiger partial charge in [0.2, 0.25) is 0 Å². The zero-order valence-electron chi connectivity index (χ0n) is 11.0. The molecular formula is C15H11BrClF2NO. The fourth-order valence-electron chi connectivity index (χ4n) is 1.88. The predicted octanol–water partition coefficient (Wildman–Crippen LogP) is 4.87. The van der Waals surface area contributed by atoms with E-state index in [1.165, 1.54) is 6.07 Å². The van der Waals surface area contributed by atoms with Crippen molar-refractivity contribution in [1.82, 2.24) is 5.32 Å². The minimum Gasteiger partial charge on any atom is -0.345 e. The molecule has 0 fully saturated rings. The van der Waals surface area contributed by atoms with Crippen LogP contribution < -0.4 is 5.32 Å². The van der Waals surface area contributed by atoms with Crippen LogP contribution in [0.15, 0.2) is 40.9 Å². The Morgan fingerprint density at radius 1 is 1.24 bits per heavy atom. The summed E-state index contributed by atoms with van der Waals surface area (Å²) in [6.07, 6.45) is 0. The van der Waals surface area contributed by atoms with E-state index in [1.54, 1.807) is 25.1 Å². The first-order valence-electron chi connectivity index (χ1n) is 6.09. The predicted molar refractivity (Wildman–Crippen MR) is 81.4 cm³/mol. The van der Waals surface area contributed by atoms with Gasteiger partial charge in [-0.25, -0.2) is 8.78 Å². The summed E-state index contributed by atoms with van der Waals surface area (Å²) in [5, 5.41) is 3.15. The van der Waals surface area contributed by atoms with Gasteiger partial charge >= 0.3 is 0 Å². The molecule has 0 aliphatic heterocycles. The number of carbonyl (C=O) groups is 1. The SMILES string of the molecule is CC(NC(=O)c1ccc(Cl)cc1Br)c1ccc(F)cc1F. The van der Waals surface area contributed by atoms with Crippen molar-refractivity contribution < 1.29 is 13.6 Å². The maximum absolute atomic E-state index is 13.7. The molecule has 110 valence electrons. The molecule has 0 bridgehead atoms. The quantitative estimate of drug-likeness (QED) is 0.816. The molecule has 0 heterocycles. The Labute approximate surface area is 134 Å². The standard InChI is InChI=1S/C15H11BrClF2NO/c1-8(11-5-3-10(18)7-14(11)19)20-15(21)12-4-2-9(17)6-13(12)16/h2-8H,1H3,(H,20,21). The Bertz CT molecular complexity index is 693. The lowest BCUT2D eigenvalue weighted by Gasteiger charge is -2.16. The molecule has 2 rings (SSSR count). The average molecular weight is 375 g/mol. The number of benzene rings is 2. The minimum atomic E-state index is -0.696. The van der Waals surface area contributed by atoms with Crippen LogP contribution in [0.5, 0.6) is 0 Å². The molecule has 0 aromatic heterocycles. The number of nitrogens with one attached hydrogen (secondary N) is 1. The fraction of sp³-hybridized carbons (Fsp3) is 0.133. The summed E-state index contributed by atoms with van der Waals surface area (Å²) in [6, 6.07) is 7.40. The summed E-state index contributed by atoms with van der Waals surface area (Å²) in [7, 11) is 0. The van der Waals surface area contributed by atoms with E-state index in [1.807, 2.05) is 0 Å². The zero-order chi connectivity index (χ0) is 15.6. The lowest BCUT2D eigenvalue weighted by Crippen LogP contribution is -2.27. The largest absolute Gasteiger partial charge is 0.345 e. The Balaban J connectivity index is 2.18. The molecule has 0 spiro atoms. The highest BCUT2D eigenvalue weighted by Crippen LogP contribution is 2.23. The maximum atomic E-state index is 13.7. The van der Waals surface area contributed by atoms with E-state index in [0.29, 0.717) is 15.1 Å². The van der Waals surface area contributed by atoms with Gasteiger partial charge in [-0.1, -0.05) is 17.7 Å². The van der Waals surface area contributed by atoms with Crippen LogP contribution in [-0.4, -0.2) is 5.91 Å². The van der Waals surface area contributed by atoms with Crippen LogP contribution in [0.4, 0.5) is 8.78 Å². The Morgan fingerprint density at radius 3 is 2.57 bits per heavy atom. The fourth-order valence-corrected chi connectivity index (χ4v) is 2.74. The van der Waals surface area contributed by atoms with E-state index in [9.17, 15) is 13.6 Å². The van der Waals surface area contributed by atoms with Crippen molar-refractivity contribution in [2.24, 2.45) is 0 Å². The van der Waals surface area contributed by atoms with Gasteiger partial charge in [0.25, 0.3) is 5.91 Å². The smallest absolute Gasteiger partial charge is 0.252 e. The van der Waals surface area contributed by atoms with Crippen molar-refractivity contribution in [3.63, 3.8) is 0 Å². The Morgan fingerprint density at radius 2 is 1.95 bits per heavy atom. The Kier molecular flexibility index (Phi) is 4.96. The molecule has 1 atom stereocenters. The molecule has 2 nitrogen and oxygen atoms in total. The van der Waals surface area contributed by atoms with E-state index in [0.717, 1.165) is 12.1 Å². The summed E-state index contributed by atoms with van der Waals surface area (Å²) < 4.78 is 27.1. The van der Waals surface area contributed by atoms with Gasteiger partial charge in [0.15, 0.2) is 0 Å². The first-order valence-corrected chi connectivity index (χ1v) is 7.26. The second-order valence-electron chi connectivity index (χ2n) is 4.49. The molecule has 1 amide bonds. The molecule has 6 heteroatoms. The number of hydrogen-bond acceptors (Lipinski definition) is 1. The Hall–Kier alpha value is -1.46. The molecule has 2 aromatic carbocycles. The van der Waals surface area contributed by atoms with E-state index >= 15 is 0 Å². The summed E-state index contributed by atoms with van der Waals surface area (Å²) >= 11 is 9.06. The van der Waals surface area contributed by atoms with Crippen LogP contribution in [0.3, 0.4) is 0 Å². The molecule has 0 saturated carbocycles. The first-order chi connectivity index (χ1) is 9.88. The molecule has 0 saturated heterocycles. The highest BCUT2D eigenvalue weighted by atomic mass is 79.9. The third kappa shape index (κ3) is 3.80. The van der Waals surface area contributed by atoms with Crippen LogP contribution >= 0.6 is 27.5 Å². The lowest BCUT2D eigenvalue weighted by atomic mass is 10.1. The van der Waals surface area contributed by atoms with Crippen molar-refractivity contribution in [2.45, 2.75) is 13.0 Å². The summed E-state index contributed by atoms with van der Waals surface area (Å²) in [4.78, 5) is 12.2. The molecular weight excluding hydrogens is 364 g/mol. The van der Waals surface area contributed by atoms with Gasteiger partial charge in [0.05, 0.1) is 11.6 Å². The molecule has 0 aliphatic carbocycles. The normalized spacial score (nSPS) is 12.0. The van der Waals surface area contributed by atoms with Gasteiger partial charge in [-0.3, -0.25) is 4.79 Å². The van der Waals surface area contributed by atoms with Gasteiger partial charge < -0.3 is 5.32 Å². The molecule has 0 aliphatic rings. The average Bonchev–Trinajstić information content (AvgIpc) is 2.37. The van der Waals surface area contributed by atoms with Gasteiger partial charge in [-0.15, -0.1) is 0 Å². The molecule has 0 radical (unpaired) electrons. The van der Waals surface area contributed by atoms with E-state index < -0.39 is 17.7 Å². The zero-order valence-corrected chi connectivity index (χ0v) is 13.3. The van der Waals surface area contributed by atoms with Crippen LogP contribution in [0, 0.1) is 11.6 Å².